The van der Waals surface area contributed by atoms with Crippen molar-refractivity contribution < 1.29 is 14.7 Å². The lowest BCUT2D eigenvalue weighted by molar-refractivity contribution is -0.141. The van der Waals surface area contributed by atoms with Gasteiger partial charge in [0.05, 0.1) is 5.92 Å². The molecule has 1 aliphatic heterocycles. The maximum Gasteiger partial charge on any atom is 0.317 e. The third-order valence-corrected chi connectivity index (χ3v) is 4.99. The first-order valence-corrected chi connectivity index (χ1v) is 8.40. The second-order valence-corrected chi connectivity index (χ2v) is 6.46. The fraction of sp³-hybridized carbons (Fsp3) is 0.875. The molecule has 21 heavy (non-hydrogen) atoms. The molecule has 0 aromatic carbocycles. The van der Waals surface area contributed by atoms with Crippen LogP contribution in [0.15, 0.2) is 0 Å². The topological polar surface area (TPSA) is 69.6 Å². The van der Waals surface area contributed by atoms with E-state index in [1.807, 2.05) is 11.8 Å². The molecule has 3 unspecified atom stereocenters. The monoisotopic (exact) mass is 296 g/mol. The van der Waals surface area contributed by atoms with Crippen LogP contribution in [-0.2, 0) is 4.79 Å². The largest absolute Gasteiger partial charge is 0.481 e. The maximum atomic E-state index is 12.4. The first-order valence-electron chi connectivity index (χ1n) is 8.40. The first-order chi connectivity index (χ1) is 10.1. The van der Waals surface area contributed by atoms with Crippen molar-refractivity contribution in [2.45, 2.75) is 64.3 Å². The Morgan fingerprint density at radius 1 is 1.24 bits per heavy atom. The number of carbonyl (C=O) groups is 2. The molecule has 0 bridgehead atoms. The molecule has 1 saturated heterocycles. The van der Waals surface area contributed by atoms with Crippen molar-refractivity contribution in [1.82, 2.24) is 10.2 Å². The second-order valence-electron chi connectivity index (χ2n) is 6.46. The minimum atomic E-state index is -0.814. The van der Waals surface area contributed by atoms with E-state index >= 15 is 0 Å². The molecule has 2 amide bonds. The maximum absolute atomic E-state index is 12.4. The van der Waals surface area contributed by atoms with Crippen LogP contribution in [0.3, 0.4) is 0 Å². The molecule has 2 rings (SSSR count). The summed E-state index contributed by atoms with van der Waals surface area (Å²) < 4.78 is 0. The minimum Gasteiger partial charge on any atom is -0.481 e. The third kappa shape index (κ3) is 4.11. The number of aliphatic carboxylic acids is 1. The Morgan fingerprint density at radius 2 is 1.95 bits per heavy atom. The predicted molar refractivity (Wildman–Crippen MR) is 81.1 cm³/mol. The van der Waals surface area contributed by atoms with Crippen molar-refractivity contribution in [1.29, 1.82) is 0 Å². The predicted octanol–water partition coefficient (Wildman–Crippen LogP) is 2.85. The summed E-state index contributed by atoms with van der Waals surface area (Å²) in [5.74, 6) is -0.624. The number of likely N-dealkylation sites (tertiary alicyclic amines) is 1. The number of amides is 2. The number of nitrogens with one attached hydrogen (secondary N) is 1. The Hall–Kier alpha value is -1.26. The summed E-state index contributed by atoms with van der Waals surface area (Å²) in [5, 5.41) is 12.0. The molecular formula is C16H28N2O3. The van der Waals surface area contributed by atoms with Crippen molar-refractivity contribution in [3.63, 3.8) is 0 Å². The number of carboxylic acids is 1. The molecule has 2 fully saturated rings. The SMILES string of the molecule is CCCC(CNC(=O)N1CCCC2CCCCC21)C(=O)O. The highest BCUT2D eigenvalue weighted by Gasteiger charge is 2.35. The van der Waals surface area contributed by atoms with E-state index in [1.54, 1.807) is 0 Å². The van der Waals surface area contributed by atoms with Crippen LogP contribution in [0.5, 0.6) is 0 Å². The highest BCUT2D eigenvalue weighted by atomic mass is 16.4. The van der Waals surface area contributed by atoms with Gasteiger partial charge in [-0.05, 0) is 38.0 Å². The normalized spacial score (nSPS) is 26.8. The lowest BCUT2D eigenvalue weighted by Gasteiger charge is -2.44. The number of piperidine rings is 1. The van der Waals surface area contributed by atoms with Crippen molar-refractivity contribution in [2.24, 2.45) is 11.8 Å². The van der Waals surface area contributed by atoms with E-state index in [9.17, 15) is 9.59 Å². The summed E-state index contributed by atoms with van der Waals surface area (Å²) in [6.45, 7) is 3.03. The van der Waals surface area contributed by atoms with E-state index < -0.39 is 11.9 Å². The van der Waals surface area contributed by atoms with E-state index in [0.29, 0.717) is 18.4 Å². The lowest BCUT2D eigenvalue weighted by Crippen LogP contribution is -2.53. The van der Waals surface area contributed by atoms with Crippen LogP contribution in [0.2, 0.25) is 0 Å². The molecule has 2 N–H and O–H groups in total. The number of nitrogens with zero attached hydrogens (tertiary/aromatic N) is 1. The molecule has 1 saturated carbocycles. The van der Waals surface area contributed by atoms with Crippen molar-refractivity contribution in [2.75, 3.05) is 13.1 Å². The fourth-order valence-corrected chi connectivity index (χ4v) is 3.85. The number of urea groups is 1. The van der Waals surface area contributed by atoms with E-state index in [0.717, 1.165) is 25.8 Å². The molecular weight excluding hydrogens is 268 g/mol. The molecule has 2 aliphatic rings. The van der Waals surface area contributed by atoms with Crippen molar-refractivity contribution in [3.8, 4) is 0 Å². The van der Waals surface area contributed by atoms with Gasteiger partial charge in [0.2, 0.25) is 0 Å². The molecule has 5 heteroatoms. The number of carboxylic acid groups (broad SMARTS) is 1. The van der Waals surface area contributed by atoms with Crippen molar-refractivity contribution in [3.05, 3.63) is 0 Å². The van der Waals surface area contributed by atoms with Crippen molar-refractivity contribution >= 4 is 12.0 Å². The molecule has 0 spiro atoms. The van der Waals surface area contributed by atoms with Gasteiger partial charge in [-0.1, -0.05) is 26.2 Å². The van der Waals surface area contributed by atoms with Crippen LogP contribution < -0.4 is 5.32 Å². The Labute approximate surface area is 127 Å². The van der Waals surface area contributed by atoms with Gasteiger partial charge in [-0.3, -0.25) is 4.79 Å². The number of carbonyl (C=O) groups excluding carboxylic acids is 1. The zero-order valence-corrected chi connectivity index (χ0v) is 13.0. The third-order valence-electron chi connectivity index (χ3n) is 4.99. The lowest BCUT2D eigenvalue weighted by atomic mass is 9.78. The standard InChI is InChI=1S/C16H28N2O3/c1-2-6-13(15(19)20)11-17-16(21)18-10-5-8-12-7-3-4-9-14(12)18/h12-14H,2-11H2,1H3,(H,17,21)(H,19,20). The van der Waals surface area contributed by atoms with Crippen LogP contribution in [0, 0.1) is 11.8 Å². The van der Waals surface area contributed by atoms with Gasteiger partial charge >= 0.3 is 12.0 Å². The van der Waals surface area contributed by atoms with Crippen LogP contribution in [0.25, 0.3) is 0 Å². The van der Waals surface area contributed by atoms with Gasteiger partial charge in [-0.15, -0.1) is 0 Å². The summed E-state index contributed by atoms with van der Waals surface area (Å²) in [4.78, 5) is 25.5. The van der Waals surface area contributed by atoms with E-state index in [2.05, 4.69) is 5.32 Å². The molecule has 1 heterocycles. The van der Waals surface area contributed by atoms with Gasteiger partial charge in [0.25, 0.3) is 0 Å². The molecule has 0 radical (unpaired) electrons. The summed E-state index contributed by atoms with van der Waals surface area (Å²) >= 11 is 0. The van der Waals surface area contributed by atoms with Crippen LogP contribution in [0.1, 0.15) is 58.3 Å². The Balaban J connectivity index is 1.88. The Kier molecular flexibility index (Phi) is 5.88. The molecule has 0 aromatic rings. The van der Waals surface area contributed by atoms with E-state index in [1.165, 1.54) is 25.7 Å². The number of rotatable bonds is 5. The molecule has 0 aromatic heterocycles. The summed E-state index contributed by atoms with van der Waals surface area (Å²) in [7, 11) is 0. The average Bonchev–Trinajstić information content (AvgIpc) is 2.50. The van der Waals surface area contributed by atoms with Gasteiger partial charge in [0, 0.05) is 19.1 Å². The highest BCUT2D eigenvalue weighted by Crippen LogP contribution is 2.35. The Morgan fingerprint density at radius 3 is 2.67 bits per heavy atom. The van der Waals surface area contributed by atoms with Gasteiger partial charge in [0.1, 0.15) is 0 Å². The van der Waals surface area contributed by atoms with Crippen LogP contribution >= 0.6 is 0 Å². The zero-order valence-electron chi connectivity index (χ0n) is 13.0. The fourth-order valence-electron chi connectivity index (χ4n) is 3.85. The zero-order chi connectivity index (χ0) is 15.2. The smallest absolute Gasteiger partial charge is 0.317 e. The van der Waals surface area contributed by atoms with Gasteiger partial charge in [0.15, 0.2) is 0 Å². The minimum absolute atomic E-state index is 0.0612. The number of hydrogen-bond acceptors (Lipinski definition) is 2. The summed E-state index contributed by atoms with van der Waals surface area (Å²) in [5.41, 5.74) is 0. The second kappa shape index (κ2) is 7.66. The molecule has 1 aliphatic carbocycles. The summed E-state index contributed by atoms with van der Waals surface area (Å²) in [6.07, 6.45) is 8.58. The molecule has 5 nitrogen and oxygen atoms in total. The van der Waals surface area contributed by atoms with E-state index in [-0.39, 0.29) is 12.6 Å². The van der Waals surface area contributed by atoms with Gasteiger partial charge in [-0.2, -0.15) is 0 Å². The highest BCUT2D eigenvalue weighted by molar-refractivity contribution is 5.76. The van der Waals surface area contributed by atoms with Gasteiger partial charge in [-0.25, -0.2) is 4.79 Å². The number of fused-ring (bicyclic) bond motifs is 1. The Bertz CT molecular complexity index is 371. The average molecular weight is 296 g/mol. The summed E-state index contributed by atoms with van der Waals surface area (Å²) in [6, 6.07) is 0.316. The first kappa shape index (κ1) is 16.1. The molecule has 120 valence electrons. The van der Waals surface area contributed by atoms with Gasteiger partial charge < -0.3 is 15.3 Å². The molecule has 3 atom stereocenters. The number of hydrogen-bond donors (Lipinski definition) is 2. The quantitative estimate of drug-likeness (QED) is 0.819. The van der Waals surface area contributed by atoms with E-state index in [4.69, 9.17) is 5.11 Å². The van der Waals surface area contributed by atoms with Crippen LogP contribution in [-0.4, -0.2) is 41.1 Å². The van der Waals surface area contributed by atoms with Crippen LogP contribution in [0.4, 0.5) is 4.79 Å².